The van der Waals surface area contributed by atoms with Crippen molar-refractivity contribution in [1.82, 2.24) is 19.7 Å². The van der Waals surface area contributed by atoms with Crippen LogP contribution in [0.1, 0.15) is 0 Å². The minimum atomic E-state index is -3.99. The van der Waals surface area contributed by atoms with Crippen LogP contribution < -0.4 is 4.72 Å². The van der Waals surface area contributed by atoms with Crippen LogP contribution in [-0.4, -0.2) is 28.2 Å². The molecule has 2 heterocycles. The van der Waals surface area contributed by atoms with Crippen molar-refractivity contribution in [2.24, 2.45) is 7.05 Å². The molecule has 0 radical (unpaired) electrons. The van der Waals surface area contributed by atoms with E-state index in [2.05, 4.69) is 19.8 Å². The molecule has 2 rings (SSSR count). The lowest BCUT2D eigenvalue weighted by Gasteiger charge is -2.09. The standard InChI is InChI=1S/C8H6Cl3N5O2S/c1-16-8(4(9)2-14-16)19(17,18)15-7-5(10)6(11)12-3-13-7/h2-3H,1H3,(H,12,13,15). The van der Waals surface area contributed by atoms with Crippen LogP contribution in [0.3, 0.4) is 0 Å². The molecular weight excluding hydrogens is 337 g/mol. The van der Waals surface area contributed by atoms with Gasteiger partial charge in [0.1, 0.15) is 11.3 Å². The molecule has 0 aliphatic heterocycles. The van der Waals surface area contributed by atoms with E-state index in [0.29, 0.717) is 0 Å². The van der Waals surface area contributed by atoms with E-state index in [1.165, 1.54) is 13.2 Å². The third kappa shape index (κ3) is 2.76. The van der Waals surface area contributed by atoms with Gasteiger partial charge in [-0.2, -0.15) is 13.5 Å². The molecule has 0 saturated heterocycles. The summed E-state index contributed by atoms with van der Waals surface area (Å²) in [6.07, 6.45) is 2.29. The van der Waals surface area contributed by atoms with Gasteiger partial charge < -0.3 is 0 Å². The molecule has 1 N–H and O–H groups in total. The van der Waals surface area contributed by atoms with Crippen molar-refractivity contribution < 1.29 is 8.42 Å². The summed E-state index contributed by atoms with van der Waals surface area (Å²) < 4.78 is 27.6. The quantitative estimate of drug-likeness (QED) is 0.861. The summed E-state index contributed by atoms with van der Waals surface area (Å²) in [7, 11) is -2.55. The molecule has 0 aliphatic carbocycles. The Morgan fingerprint density at radius 3 is 2.53 bits per heavy atom. The molecule has 0 aliphatic rings. The molecule has 0 aromatic carbocycles. The van der Waals surface area contributed by atoms with Gasteiger partial charge in [-0.3, -0.25) is 9.40 Å². The summed E-state index contributed by atoms with van der Waals surface area (Å²) in [5.41, 5.74) is 0. The SMILES string of the molecule is Cn1ncc(Cl)c1S(=O)(=O)Nc1ncnc(Cl)c1Cl. The Morgan fingerprint density at radius 1 is 1.26 bits per heavy atom. The highest BCUT2D eigenvalue weighted by Crippen LogP contribution is 2.28. The summed E-state index contributed by atoms with van der Waals surface area (Å²) in [4.78, 5) is 7.31. The Hall–Kier alpha value is -1.09. The predicted molar refractivity (Wildman–Crippen MR) is 71.1 cm³/mol. The first-order chi connectivity index (χ1) is 8.83. The van der Waals surface area contributed by atoms with E-state index in [-0.39, 0.29) is 26.0 Å². The molecule has 7 nitrogen and oxygen atoms in total. The third-order valence-corrected chi connectivity index (χ3v) is 4.66. The lowest BCUT2D eigenvalue weighted by Crippen LogP contribution is -2.18. The Bertz CT molecular complexity index is 710. The van der Waals surface area contributed by atoms with Gasteiger partial charge in [-0.05, 0) is 0 Å². The fraction of sp³-hybridized carbons (Fsp3) is 0.125. The van der Waals surface area contributed by atoms with Gasteiger partial charge in [0.15, 0.2) is 16.0 Å². The van der Waals surface area contributed by atoms with E-state index in [4.69, 9.17) is 34.8 Å². The molecule has 0 spiro atoms. The minimum absolute atomic E-state index is 0.0220. The molecule has 2 aromatic heterocycles. The number of nitrogens with one attached hydrogen (secondary N) is 1. The predicted octanol–water partition coefficient (Wildman–Crippen LogP) is 1.97. The van der Waals surface area contributed by atoms with Crippen LogP contribution in [-0.2, 0) is 17.1 Å². The first kappa shape index (κ1) is 14.3. The Labute approximate surface area is 123 Å². The van der Waals surface area contributed by atoms with E-state index in [1.807, 2.05) is 0 Å². The van der Waals surface area contributed by atoms with Crippen LogP contribution in [0.5, 0.6) is 0 Å². The van der Waals surface area contributed by atoms with Crippen molar-refractivity contribution in [3.05, 3.63) is 27.7 Å². The molecule has 0 fully saturated rings. The molecule has 19 heavy (non-hydrogen) atoms. The fourth-order valence-electron chi connectivity index (χ4n) is 1.30. The molecule has 0 atom stereocenters. The van der Waals surface area contributed by atoms with Crippen LogP contribution in [0.15, 0.2) is 17.6 Å². The molecule has 0 unspecified atom stereocenters. The Balaban J connectivity index is 2.46. The summed E-state index contributed by atoms with van der Waals surface area (Å²) in [5, 5.41) is 3.34. The van der Waals surface area contributed by atoms with E-state index >= 15 is 0 Å². The summed E-state index contributed by atoms with van der Waals surface area (Å²) >= 11 is 17.2. The van der Waals surface area contributed by atoms with E-state index in [1.54, 1.807) is 0 Å². The number of anilines is 1. The van der Waals surface area contributed by atoms with Gasteiger partial charge in [0.05, 0.1) is 11.2 Å². The topological polar surface area (TPSA) is 89.8 Å². The average Bonchev–Trinajstić information content (AvgIpc) is 2.65. The van der Waals surface area contributed by atoms with Gasteiger partial charge in [-0.15, -0.1) is 0 Å². The zero-order valence-corrected chi connectivity index (χ0v) is 12.4. The fourth-order valence-corrected chi connectivity index (χ4v) is 3.31. The number of aryl methyl sites for hydroxylation is 1. The number of halogens is 3. The molecule has 0 saturated carbocycles. The van der Waals surface area contributed by atoms with Gasteiger partial charge in [0.25, 0.3) is 10.0 Å². The van der Waals surface area contributed by atoms with Crippen molar-refractivity contribution in [1.29, 1.82) is 0 Å². The largest absolute Gasteiger partial charge is 0.281 e. The van der Waals surface area contributed by atoms with Crippen molar-refractivity contribution in [2.75, 3.05) is 4.72 Å². The monoisotopic (exact) mass is 341 g/mol. The van der Waals surface area contributed by atoms with Crippen LogP contribution >= 0.6 is 34.8 Å². The van der Waals surface area contributed by atoms with Gasteiger partial charge >= 0.3 is 0 Å². The number of nitrogens with zero attached hydrogens (tertiary/aromatic N) is 4. The molecule has 2 aromatic rings. The highest BCUT2D eigenvalue weighted by atomic mass is 35.5. The second kappa shape index (κ2) is 5.12. The summed E-state index contributed by atoms with van der Waals surface area (Å²) in [6, 6.07) is 0. The van der Waals surface area contributed by atoms with Gasteiger partial charge in [0.2, 0.25) is 0 Å². The number of rotatable bonds is 3. The lowest BCUT2D eigenvalue weighted by atomic mass is 10.6. The third-order valence-electron chi connectivity index (χ3n) is 2.08. The zero-order valence-electron chi connectivity index (χ0n) is 9.30. The molecule has 11 heteroatoms. The highest BCUT2D eigenvalue weighted by Gasteiger charge is 2.24. The molecular formula is C8H6Cl3N5O2S. The van der Waals surface area contributed by atoms with Crippen LogP contribution in [0.4, 0.5) is 5.82 Å². The molecule has 102 valence electrons. The van der Waals surface area contributed by atoms with Gasteiger partial charge in [-0.1, -0.05) is 34.8 Å². The maximum atomic E-state index is 12.1. The van der Waals surface area contributed by atoms with Gasteiger partial charge in [0, 0.05) is 7.05 Å². The molecule has 0 amide bonds. The van der Waals surface area contributed by atoms with Gasteiger partial charge in [-0.25, -0.2) is 9.97 Å². The second-order valence-corrected chi connectivity index (χ2v) is 6.09. The second-order valence-electron chi connectivity index (χ2n) is 3.35. The summed E-state index contributed by atoms with van der Waals surface area (Å²) in [6.45, 7) is 0. The maximum absolute atomic E-state index is 12.1. The smallest absolute Gasteiger partial charge is 0.261 e. The number of hydrogen-bond acceptors (Lipinski definition) is 5. The Kier molecular flexibility index (Phi) is 3.86. The number of aromatic nitrogens is 4. The molecule has 0 bridgehead atoms. The van der Waals surface area contributed by atoms with Crippen LogP contribution in [0.25, 0.3) is 0 Å². The van der Waals surface area contributed by atoms with Crippen LogP contribution in [0.2, 0.25) is 15.2 Å². The van der Waals surface area contributed by atoms with Crippen molar-refractivity contribution in [2.45, 2.75) is 5.03 Å². The Morgan fingerprint density at radius 2 is 1.95 bits per heavy atom. The number of hydrogen-bond donors (Lipinski definition) is 1. The number of sulfonamides is 1. The first-order valence-electron chi connectivity index (χ1n) is 4.69. The van der Waals surface area contributed by atoms with E-state index in [0.717, 1.165) is 11.0 Å². The lowest BCUT2D eigenvalue weighted by molar-refractivity contribution is 0.582. The van der Waals surface area contributed by atoms with Crippen molar-refractivity contribution in [3.8, 4) is 0 Å². The van der Waals surface area contributed by atoms with Crippen molar-refractivity contribution >= 4 is 50.6 Å². The van der Waals surface area contributed by atoms with Crippen LogP contribution in [0, 0.1) is 0 Å². The zero-order chi connectivity index (χ0) is 14.2. The van der Waals surface area contributed by atoms with Crippen molar-refractivity contribution in [3.63, 3.8) is 0 Å². The normalized spacial score (nSPS) is 11.6. The van der Waals surface area contributed by atoms with E-state index in [9.17, 15) is 8.42 Å². The average molecular weight is 343 g/mol. The van der Waals surface area contributed by atoms with E-state index < -0.39 is 10.0 Å². The first-order valence-corrected chi connectivity index (χ1v) is 7.31. The summed E-state index contributed by atoms with van der Waals surface area (Å²) in [5.74, 6) is -0.140. The minimum Gasteiger partial charge on any atom is -0.261 e. The highest BCUT2D eigenvalue weighted by molar-refractivity contribution is 7.92. The maximum Gasteiger partial charge on any atom is 0.281 e.